The van der Waals surface area contributed by atoms with Crippen LogP contribution >= 0.6 is 0 Å². The number of rotatable bonds is 1. The van der Waals surface area contributed by atoms with Crippen LogP contribution in [0.3, 0.4) is 0 Å². The Bertz CT molecular complexity index is 343. The van der Waals surface area contributed by atoms with E-state index in [1.165, 1.54) is 0 Å². The van der Waals surface area contributed by atoms with Crippen molar-refractivity contribution in [1.82, 2.24) is 4.90 Å². The minimum Gasteiger partial charge on any atom is -0.444 e. The highest BCUT2D eigenvalue weighted by molar-refractivity contribution is 5.68. The van der Waals surface area contributed by atoms with Crippen molar-refractivity contribution in [3.05, 3.63) is 0 Å². The van der Waals surface area contributed by atoms with Crippen molar-refractivity contribution < 1.29 is 14.6 Å². The molecule has 1 unspecified atom stereocenters. The van der Waals surface area contributed by atoms with Crippen LogP contribution in [-0.2, 0) is 4.74 Å². The summed E-state index contributed by atoms with van der Waals surface area (Å²) in [6.45, 7) is 8.65. The van der Waals surface area contributed by atoms with Gasteiger partial charge in [-0.3, -0.25) is 0 Å². The van der Waals surface area contributed by atoms with Crippen LogP contribution in [0, 0.1) is 17.8 Å². The molecule has 4 nitrogen and oxygen atoms in total. The van der Waals surface area contributed by atoms with Gasteiger partial charge in [0.1, 0.15) is 11.7 Å². The van der Waals surface area contributed by atoms with Crippen LogP contribution in [0.1, 0.15) is 40.5 Å². The molecule has 0 bridgehead atoms. The molecule has 0 aliphatic carbocycles. The number of carbonyl (C=O) groups excluding carboxylic acids is 1. The van der Waals surface area contributed by atoms with E-state index in [0.29, 0.717) is 25.9 Å². The smallest absolute Gasteiger partial charge is 0.410 e. The summed E-state index contributed by atoms with van der Waals surface area (Å²) < 4.78 is 5.32. The number of terminal acetylenes is 1. The molecule has 0 aromatic heterocycles. The molecule has 102 valence electrons. The lowest BCUT2D eigenvalue weighted by atomic mass is 9.76. The molecule has 0 aromatic rings. The molecule has 0 aromatic carbocycles. The van der Waals surface area contributed by atoms with E-state index in [9.17, 15) is 9.90 Å². The normalized spacial score (nSPS) is 21.0. The van der Waals surface area contributed by atoms with Gasteiger partial charge < -0.3 is 14.7 Å². The van der Waals surface area contributed by atoms with Crippen LogP contribution in [0.15, 0.2) is 0 Å². The first-order chi connectivity index (χ1) is 8.18. The topological polar surface area (TPSA) is 49.8 Å². The maximum absolute atomic E-state index is 11.9. The number of aliphatic hydroxyl groups is 1. The zero-order chi connectivity index (χ0) is 14.0. The molecule has 0 radical (unpaired) electrons. The third-order valence-corrected chi connectivity index (χ3v) is 3.38. The van der Waals surface area contributed by atoms with Crippen LogP contribution in [0.25, 0.3) is 0 Å². The number of ether oxygens (including phenoxy) is 1. The Hall–Kier alpha value is -1.21. The largest absolute Gasteiger partial charge is 0.444 e. The van der Waals surface area contributed by atoms with E-state index in [4.69, 9.17) is 11.2 Å². The van der Waals surface area contributed by atoms with E-state index in [-0.39, 0.29) is 11.5 Å². The molecule has 1 heterocycles. The minimum absolute atomic E-state index is 0.292. The maximum Gasteiger partial charge on any atom is 0.410 e. The molecule has 0 saturated carbocycles. The molecule has 4 heteroatoms. The molecule has 0 spiro atoms. The Morgan fingerprint density at radius 3 is 2.33 bits per heavy atom. The fourth-order valence-electron chi connectivity index (χ4n) is 2.00. The van der Waals surface area contributed by atoms with E-state index in [1.54, 1.807) is 4.90 Å². The number of likely N-dealkylation sites (tertiary alicyclic amines) is 1. The van der Waals surface area contributed by atoms with Gasteiger partial charge in [-0.05, 0) is 33.6 Å². The molecule has 1 fully saturated rings. The number of amides is 1. The summed E-state index contributed by atoms with van der Waals surface area (Å²) in [6.07, 6.45) is 5.60. The van der Waals surface area contributed by atoms with Gasteiger partial charge in [-0.25, -0.2) is 4.79 Å². The molecular formula is C14H23NO3. The molecule has 1 N–H and O–H groups in total. The van der Waals surface area contributed by atoms with Crippen LogP contribution in [0.2, 0.25) is 0 Å². The van der Waals surface area contributed by atoms with E-state index in [2.05, 4.69) is 5.92 Å². The molecule has 1 rings (SSSR count). The van der Waals surface area contributed by atoms with Crippen molar-refractivity contribution in [2.24, 2.45) is 5.41 Å². The number of aliphatic hydroxyl groups excluding tert-OH is 1. The molecular weight excluding hydrogens is 230 g/mol. The van der Waals surface area contributed by atoms with Crippen molar-refractivity contribution in [3.8, 4) is 12.3 Å². The summed E-state index contributed by atoms with van der Waals surface area (Å²) in [5.74, 6) is 2.38. The first kappa shape index (κ1) is 14.8. The lowest BCUT2D eigenvalue weighted by molar-refractivity contribution is -0.00737. The summed E-state index contributed by atoms with van der Waals surface area (Å²) >= 11 is 0. The Labute approximate surface area is 109 Å². The SMILES string of the molecule is C#CC(O)C1(C)CCN(C(=O)OC(C)(C)C)CC1. The van der Waals surface area contributed by atoms with Gasteiger partial charge in [-0.2, -0.15) is 0 Å². The predicted octanol–water partition coefficient (Wildman–Crippen LogP) is 2.02. The Morgan fingerprint density at radius 1 is 1.44 bits per heavy atom. The van der Waals surface area contributed by atoms with Crippen molar-refractivity contribution in [2.75, 3.05) is 13.1 Å². The highest BCUT2D eigenvalue weighted by atomic mass is 16.6. The molecule has 1 amide bonds. The number of nitrogens with zero attached hydrogens (tertiary/aromatic N) is 1. The Kier molecular flexibility index (Phi) is 4.28. The average Bonchev–Trinajstić information content (AvgIpc) is 2.26. The highest BCUT2D eigenvalue weighted by Gasteiger charge is 2.37. The third-order valence-electron chi connectivity index (χ3n) is 3.38. The second kappa shape index (κ2) is 5.19. The lowest BCUT2D eigenvalue weighted by Crippen LogP contribution is -2.47. The quantitative estimate of drug-likeness (QED) is 0.727. The number of piperidine rings is 1. The second-order valence-corrected chi connectivity index (χ2v) is 6.19. The summed E-state index contributed by atoms with van der Waals surface area (Å²) in [4.78, 5) is 13.5. The number of hydrogen-bond acceptors (Lipinski definition) is 3. The van der Waals surface area contributed by atoms with Gasteiger partial charge >= 0.3 is 6.09 Å². The van der Waals surface area contributed by atoms with E-state index in [1.807, 2.05) is 27.7 Å². The van der Waals surface area contributed by atoms with E-state index < -0.39 is 11.7 Å². The molecule has 1 atom stereocenters. The van der Waals surface area contributed by atoms with E-state index in [0.717, 1.165) is 0 Å². The van der Waals surface area contributed by atoms with Gasteiger partial charge in [0.15, 0.2) is 0 Å². The Morgan fingerprint density at radius 2 is 1.94 bits per heavy atom. The summed E-state index contributed by atoms with van der Waals surface area (Å²) in [5, 5.41) is 9.78. The average molecular weight is 253 g/mol. The first-order valence-corrected chi connectivity index (χ1v) is 6.30. The summed E-state index contributed by atoms with van der Waals surface area (Å²) in [5.41, 5.74) is -0.774. The number of carbonyl (C=O) groups is 1. The highest BCUT2D eigenvalue weighted by Crippen LogP contribution is 2.34. The van der Waals surface area contributed by atoms with Crippen molar-refractivity contribution in [2.45, 2.75) is 52.2 Å². The first-order valence-electron chi connectivity index (χ1n) is 6.30. The van der Waals surface area contributed by atoms with Crippen molar-refractivity contribution in [3.63, 3.8) is 0 Å². The minimum atomic E-state index is -0.752. The van der Waals surface area contributed by atoms with Crippen LogP contribution in [0.4, 0.5) is 4.79 Å². The molecule has 1 aliphatic heterocycles. The van der Waals surface area contributed by atoms with Gasteiger partial charge in [0.25, 0.3) is 0 Å². The lowest BCUT2D eigenvalue weighted by Gasteiger charge is -2.40. The van der Waals surface area contributed by atoms with E-state index >= 15 is 0 Å². The van der Waals surface area contributed by atoms with Gasteiger partial charge in [0.05, 0.1) is 0 Å². The van der Waals surface area contributed by atoms with Crippen molar-refractivity contribution >= 4 is 6.09 Å². The van der Waals surface area contributed by atoms with Gasteiger partial charge in [-0.15, -0.1) is 6.42 Å². The monoisotopic (exact) mass is 253 g/mol. The van der Waals surface area contributed by atoms with Crippen LogP contribution in [-0.4, -0.2) is 40.9 Å². The fourth-order valence-corrected chi connectivity index (χ4v) is 2.00. The molecule has 18 heavy (non-hydrogen) atoms. The second-order valence-electron chi connectivity index (χ2n) is 6.19. The molecule has 1 saturated heterocycles. The third kappa shape index (κ3) is 3.64. The summed E-state index contributed by atoms with van der Waals surface area (Å²) in [6, 6.07) is 0. The number of hydrogen-bond donors (Lipinski definition) is 1. The molecule has 1 aliphatic rings. The standard InChI is InChI=1S/C14H23NO3/c1-6-11(16)14(5)7-9-15(10-8-14)12(17)18-13(2,3)4/h1,11,16H,7-10H2,2-5H3. The zero-order valence-electron chi connectivity index (χ0n) is 11.7. The Balaban J connectivity index is 2.55. The van der Waals surface area contributed by atoms with Gasteiger partial charge in [0.2, 0.25) is 0 Å². The van der Waals surface area contributed by atoms with Crippen molar-refractivity contribution in [1.29, 1.82) is 0 Å². The van der Waals surface area contributed by atoms with Gasteiger partial charge in [-0.1, -0.05) is 12.8 Å². The van der Waals surface area contributed by atoms with Crippen LogP contribution < -0.4 is 0 Å². The van der Waals surface area contributed by atoms with Gasteiger partial charge in [0, 0.05) is 18.5 Å². The predicted molar refractivity (Wildman–Crippen MR) is 70.0 cm³/mol. The summed E-state index contributed by atoms with van der Waals surface area (Å²) in [7, 11) is 0. The maximum atomic E-state index is 11.9. The van der Waals surface area contributed by atoms with Crippen LogP contribution in [0.5, 0.6) is 0 Å². The zero-order valence-corrected chi connectivity index (χ0v) is 11.7. The fraction of sp³-hybridized carbons (Fsp3) is 0.786.